The van der Waals surface area contributed by atoms with Crippen LogP contribution in [0.15, 0.2) is 28.7 Å². The third-order valence-corrected chi connectivity index (χ3v) is 6.50. The molecule has 1 aromatic rings. The minimum Gasteiger partial charge on any atom is -0.352 e. The lowest BCUT2D eigenvalue weighted by molar-refractivity contribution is -0.120. The zero-order chi connectivity index (χ0) is 16.6. The van der Waals surface area contributed by atoms with Crippen LogP contribution in [0.2, 0.25) is 0 Å². The predicted octanol–water partition coefficient (Wildman–Crippen LogP) is 2.52. The monoisotopic (exact) mass is 400 g/mol. The Morgan fingerprint density at radius 3 is 2.70 bits per heavy atom. The Balaban J connectivity index is 1.70. The SMILES string of the molecule is CS(=O)(=O)N(CC(=O)NC1CC2CCC1C2)c1cccc(Br)c1. The number of anilines is 1. The molecule has 1 N–H and O–H groups in total. The largest absolute Gasteiger partial charge is 0.352 e. The fourth-order valence-corrected chi connectivity index (χ4v) is 5.07. The van der Waals surface area contributed by atoms with Crippen LogP contribution >= 0.6 is 15.9 Å². The van der Waals surface area contributed by atoms with Crippen LogP contribution in [-0.4, -0.2) is 33.2 Å². The van der Waals surface area contributed by atoms with Gasteiger partial charge >= 0.3 is 0 Å². The lowest BCUT2D eigenvalue weighted by Crippen LogP contribution is -2.45. The van der Waals surface area contributed by atoms with Gasteiger partial charge in [0.05, 0.1) is 11.9 Å². The highest BCUT2D eigenvalue weighted by Gasteiger charge is 2.40. The molecule has 0 spiro atoms. The molecule has 2 aliphatic carbocycles. The molecule has 2 bridgehead atoms. The van der Waals surface area contributed by atoms with E-state index in [-0.39, 0.29) is 18.5 Å². The highest BCUT2D eigenvalue weighted by Crippen LogP contribution is 2.44. The molecule has 2 saturated carbocycles. The average Bonchev–Trinajstić information content (AvgIpc) is 3.06. The minimum atomic E-state index is -3.52. The first kappa shape index (κ1) is 16.8. The lowest BCUT2D eigenvalue weighted by Gasteiger charge is -2.26. The maximum absolute atomic E-state index is 12.4. The lowest BCUT2D eigenvalue weighted by atomic mass is 9.95. The van der Waals surface area contributed by atoms with Crippen molar-refractivity contribution in [3.63, 3.8) is 0 Å². The van der Waals surface area contributed by atoms with Gasteiger partial charge in [-0.25, -0.2) is 8.42 Å². The molecule has 126 valence electrons. The van der Waals surface area contributed by atoms with Crippen LogP contribution in [0.1, 0.15) is 25.7 Å². The van der Waals surface area contributed by atoms with Gasteiger partial charge in [-0.1, -0.05) is 28.4 Å². The molecule has 0 aromatic heterocycles. The molecule has 1 amide bonds. The summed E-state index contributed by atoms with van der Waals surface area (Å²) < 4.78 is 26.1. The molecule has 23 heavy (non-hydrogen) atoms. The number of fused-ring (bicyclic) bond motifs is 2. The first-order chi connectivity index (χ1) is 10.8. The van der Waals surface area contributed by atoms with Gasteiger partial charge < -0.3 is 5.32 Å². The van der Waals surface area contributed by atoms with Crippen molar-refractivity contribution in [2.45, 2.75) is 31.7 Å². The van der Waals surface area contributed by atoms with Gasteiger partial charge in [-0.2, -0.15) is 0 Å². The Morgan fingerprint density at radius 1 is 1.35 bits per heavy atom. The van der Waals surface area contributed by atoms with Gasteiger partial charge in [-0.15, -0.1) is 0 Å². The molecule has 2 aliphatic rings. The van der Waals surface area contributed by atoms with Gasteiger partial charge in [0, 0.05) is 10.5 Å². The van der Waals surface area contributed by atoms with E-state index in [1.54, 1.807) is 18.2 Å². The number of hydrogen-bond donors (Lipinski definition) is 1. The van der Waals surface area contributed by atoms with Crippen LogP contribution in [0.4, 0.5) is 5.69 Å². The molecule has 0 saturated heterocycles. The summed E-state index contributed by atoms with van der Waals surface area (Å²) in [5, 5.41) is 3.04. The van der Waals surface area contributed by atoms with E-state index < -0.39 is 10.0 Å². The molecule has 5 nitrogen and oxygen atoms in total. The van der Waals surface area contributed by atoms with E-state index in [1.165, 1.54) is 19.3 Å². The first-order valence-corrected chi connectivity index (χ1v) is 10.5. The predicted molar refractivity (Wildman–Crippen MR) is 93.7 cm³/mol. The summed E-state index contributed by atoms with van der Waals surface area (Å²) in [7, 11) is -3.52. The Hall–Kier alpha value is -1.08. The van der Waals surface area contributed by atoms with Crippen molar-refractivity contribution in [3.8, 4) is 0 Å². The molecule has 0 aliphatic heterocycles. The van der Waals surface area contributed by atoms with Gasteiger partial charge in [-0.3, -0.25) is 9.10 Å². The van der Waals surface area contributed by atoms with Gasteiger partial charge in [0.15, 0.2) is 0 Å². The van der Waals surface area contributed by atoms with Crippen molar-refractivity contribution in [1.29, 1.82) is 0 Å². The topological polar surface area (TPSA) is 66.5 Å². The zero-order valence-electron chi connectivity index (χ0n) is 13.0. The molecule has 0 heterocycles. The fraction of sp³-hybridized carbons (Fsp3) is 0.562. The number of sulfonamides is 1. The van der Waals surface area contributed by atoms with Crippen molar-refractivity contribution in [2.75, 3.05) is 17.1 Å². The molecule has 1 aromatic carbocycles. The first-order valence-electron chi connectivity index (χ1n) is 7.85. The minimum absolute atomic E-state index is 0.177. The summed E-state index contributed by atoms with van der Waals surface area (Å²) in [4.78, 5) is 12.4. The molecule has 3 rings (SSSR count). The number of halogens is 1. The Morgan fingerprint density at radius 2 is 2.13 bits per heavy atom. The number of hydrogen-bond acceptors (Lipinski definition) is 3. The average molecular weight is 401 g/mol. The molecule has 3 atom stereocenters. The van der Waals surface area contributed by atoms with Crippen LogP contribution in [0.3, 0.4) is 0 Å². The molecular weight excluding hydrogens is 380 g/mol. The van der Waals surface area contributed by atoms with Crippen molar-refractivity contribution < 1.29 is 13.2 Å². The van der Waals surface area contributed by atoms with E-state index in [9.17, 15) is 13.2 Å². The zero-order valence-corrected chi connectivity index (χ0v) is 15.4. The summed E-state index contributed by atoms with van der Waals surface area (Å²) in [5.41, 5.74) is 0.491. The summed E-state index contributed by atoms with van der Waals surface area (Å²) in [5.74, 6) is 1.08. The molecular formula is C16H21BrN2O3S. The smallest absolute Gasteiger partial charge is 0.241 e. The summed E-state index contributed by atoms with van der Waals surface area (Å²) >= 11 is 3.33. The Labute approximate surface area is 145 Å². The van der Waals surface area contributed by atoms with E-state index in [0.717, 1.165) is 27.4 Å². The van der Waals surface area contributed by atoms with E-state index in [0.29, 0.717) is 11.6 Å². The second-order valence-corrected chi connectivity index (χ2v) is 9.42. The highest BCUT2D eigenvalue weighted by molar-refractivity contribution is 9.10. The summed E-state index contributed by atoms with van der Waals surface area (Å²) in [6.07, 6.45) is 5.80. The van der Waals surface area contributed by atoms with E-state index in [4.69, 9.17) is 0 Å². The van der Waals surface area contributed by atoms with Gasteiger partial charge in [-0.05, 0) is 49.3 Å². The van der Waals surface area contributed by atoms with Crippen LogP contribution in [0.5, 0.6) is 0 Å². The number of benzene rings is 1. The number of nitrogens with one attached hydrogen (secondary N) is 1. The molecule has 3 unspecified atom stereocenters. The van der Waals surface area contributed by atoms with Crippen molar-refractivity contribution >= 4 is 37.5 Å². The van der Waals surface area contributed by atoms with Gasteiger partial charge in [0.25, 0.3) is 0 Å². The van der Waals surface area contributed by atoms with E-state index >= 15 is 0 Å². The van der Waals surface area contributed by atoms with Gasteiger partial charge in [0.2, 0.25) is 15.9 Å². The fourth-order valence-electron chi connectivity index (χ4n) is 3.84. The number of carbonyl (C=O) groups excluding carboxylic acids is 1. The standard InChI is InChI=1S/C16H21BrN2O3S/c1-23(21,22)19(14-4-2-3-13(17)9-14)10-16(20)18-15-8-11-5-6-12(15)7-11/h2-4,9,11-12,15H,5-8,10H2,1H3,(H,18,20). The number of carbonyl (C=O) groups is 1. The van der Waals surface area contributed by atoms with Crippen LogP contribution < -0.4 is 9.62 Å². The second-order valence-electron chi connectivity index (χ2n) is 6.60. The summed E-state index contributed by atoms with van der Waals surface area (Å²) in [6, 6.07) is 7.18. The maximum atomic E-state index is 12.4. The molecule has 7 heteroatoms. The third kappa shape index (κ3) is 3.88. The summed E-state index contributed by atoms with van der Waals surface area (Å²) in [6.45, 7) is -0.177. The second kappa shape index (κ2) is 6.43. The maximum Gasteiger partial charge on any atom is 0.241 e. The van der Waals surface area contributed by atoms with Crippen molar-refractivity contribution in [1.82, 2.24) is 5.32 Å². The van der Waals surface area contributed by atoms with Crippen LogP contribution in [-0.2, 0) is 14.8 Å². The van der Waals surface area contributed by atoms with Crippen molar-refractivity contribution in [2.24, 2.45) is 11.8 Å². The third-order valence-electron chi connectivity index (χ3n) is 4.87. The number of nitrogens with zero attached hydrogens (tertiary/aromatic N) is 1. The van der Waals surface area contributed by atoms with E-state index in [1.807, 2.05) is 6.07 Å². The van der Waals surface area contributed by atoms with Gasteiger partial charge in [0.1, 0.15) is 6.54 Å². The number of rotatable bonds is 5. The quantitative estimate of drug-likeness (QED) is 0.825. The van der Waals surface area contributed by atoms with Crippen LogP contribution in [0, 0.1) is 11.8 Å². The van der Waals surface area contributed by atoms with Crippen LogP contribution in [0.25, 0.3) is 0 Å². The Kier molecular flexibility index (Phi) is 4.69. The van der Waals surface area contributed by atoms with Crippen molar-refractivity contribution in [3.05, 3.63) is 28.7 Å². The number of amides is 1. The Bertz CT molecular complexity index is 707. The normalized spacial score (nSPS) is 26.3. The highest BCUT2D eigenvalue weighted by atomic mass is 79.9. The molecule has 0 radical (unpaired) electrons. The van der Waals surface area contributed by atoms with E-state index in [2.05, 4.69) is 21.2 Å². The molecule has 2 fully saturated rings.